The van der Waals surface area contributed by atoms with E-state index < -0.39 is 6.04 Å². The Balaban J connectivity index is 1.83. The number of carbonyl (C=O) groups is 2. The maximum Gasteiger partial charge on any atom is 0.251 e. The Labute approximate surface area is 184 Å². The van der Waals surface area contributed by atoms with Crippen molar-refractivity contribution in [3.63, 3.8) is 0 Å². The molecule has 3 aromatic carbocycles. The van der Waals surface area contributed by atoms with Crippen molar-refractivity contribution >= 4 is 17.5 Å². The van der Waals surface area contributed by atoms with Gasteiger partial charge in [-0.15, -0.1) is 0 Å². The summed E-state index contributed by atoms with van der Waals surface area (Å²) in [6, 6.07) is 22.8. The van der Waals surface area contributed by atoms with Crippen molar-refractivity contribution in [2.75, 3.05) is 19.4 Å². The molecule has 0 fully saturated rings. The number of hydrogen-bond donors (Lipinski definition) is 2. The number of aryl methyl sites for hydroxylation is 2. The molecule has 160 valence electrons. The van der Waals surface area contributed by atoms with Crippen LogP contribution in [-0.4, -0.2) is 30.8 Å². The van der Waals surface area contributed by atoms with Gasteiger partial charge in [0.05, 0.1) is 0 Å². The molecule has 0 bridgehead atoms. The second-order valence-corrected chi connectivity index (χ2v) is 7.87. The molecule has 0 aliphatic heterocycles. The van der Waals surface area contributed by atoms with Crippen LogP contribution in [0.2, 0.25) is 0 Å². The molecule has 0 aliphatic rings. The summed E-state index contributed by atoms with van der Waals surface area (Å²) in [4.78, 5) is 27.1. The highest BCUT2D eigenvalue weighted by atomic mass is 16.2. The predicted molar refractivity (Wildman–Crippen MR) is 125 cm³/mol. The first-order valence-electron chi connectivity index (χ1n) is 10.3. The molecule has 3 rings (SSSR count). The number of carbonyl (C=O) groups excluding carboxylic acids is 2. The molecule has 0 saturated heterocycles. The summed E-state index contributed by atoms with van der Waals surface area (Å²) in [5.41, 5.74) is 5.57. The van der Waals surface area contributed by atoms with Gasteiger partial charge >= 0.3 is 0 Å². The van der Waals surface area contributed by atoms with E-state index in [0.717, 1.165) is 27.9 Å². The van der Waals surface area contributed by atoms with Gasteiger partial charge in [-0.1, -0.05) is 48.5 Å². The van der Waals surface area contributed by atoms with Crippen molar-refractivity contribution in [1.82, 2.24) is 10.2 Å². The van der Waals surface area contributed by atoms with Crippen molar-refractivity contribution < 1.29 is 9.59 Å². The maximum absolute atomic E-state index is 13.3. The van der Waals surface area contributed by atoms with Gasteiger partial charge in [0.2, 0.25) is 5.91 Å². The van der Waals surface area contributed by atoms with Gasteiger partial charge in [0, 0.05) is 24.8 Å². The first kappa shape index (κ1) is 22.2. The van der Waals surface area contributed by atoms with E-state index in [1.54, 1.807) is 19.2 Å². The molecule has 0 heterocycles. The van der Waals surface area contributed by atoms with E-state index in [-0.39, 0.29) is 11.8 Å². The molecule has 0 spiro atoms. The first-order chi connectivity index (χ1) is 14.9. The molecular weight excluding hydrogens is 386 g/mol. The second-order valence-electron chi connectivity index (χ2n) is 7.87. The van der Waals surface area contributed by atoms with Crippen LogP contribution in [0.25, 0.3) is 0 Å². The minimum atomic E-state index is -0.458. The summed E-state index contributed by atoms with van der Waals surface area (Å²) < 4.78 is 0. The smallest absolute Gasteiger partial charge is 0.251 e. The second kappa shape index (κ2) is 10.0. The molecule has 5 nitrogen and oxygen atoms in total. The van der Waals surface area contributed by atoms with Gasteiger partial charge in [-0.25, -0.2) is 0 Å². The number of amides is 2. The number of nitrogens with zero attached hydrogens (tertiary/aromatic N) is 1. The zero-order valence-electron chi connectivity index (χ0n) is 18.5. The summed E-state index contributed by atoms with van der Waals surface area (Å²) in [7, 11) is 3.55. The summed E-state index contributed by atoms with van der Waals surface area (Å²) in [5.74, 6) is -0.199. The SMILES string of the molecule is CNC(=O)c1ccc(CN(C)C(C(=O)Nc2cc(C)cc(C)c2)c2ccccc2)cc1. The molecule has 0 aliphatic carbocycles. The van der Waals surface area contributed by atoms with E-state index in [0.29, 0.717) is 12.1 Å². The van der Waals surface area contributed by atoms with Gasteiger partial charge in [0.25, 0.3) is 5.91 Å². The summed E-state index contributed by atoms with van der Waals surface area (Å²) in [6.45, 7) is 4.60. The minimum absolute atomic E-state index is 0.0827. The monoisotopic (exact) mass is 415 g/mol. The highest BCUT2D eigenvalue weighted by molar-refractivity contribution is 5.96. The third kappa shape index (κ3) is 5.80. The van der Waals surface area contributed by atoms with Crippen molar-refractivity contribution in [2.24, 2.45) is 0 Å². The number of likely N-dealkylation sites (N-methyl/N-ethyl adjacent to an activating group) is 1. The van der Waals surface area contributed by atoms with Crippen LogP contribution >= 0.6 is 0 Å². The quantitative estimate of drug-likeness (QED) is 0.598. The van der Waals surface area contributed by atoms with Crippen LogP contribution in [0.4, 0.5) is 5.69 Å². The lowest BCUT2D eigenvalue weighted by Crippen LogP contribution is -2.34. The Hall–Kier alpha value is -3.44. The van der Waals surface area contributed by atoms with Crippen molar-refractivity contribution in [1.29, 1.82) is 0 Å². The molecule has 3 aromatic rings. The molecule has 0 saturated carbocycles. The molecule has 31 heavy (non-hydrogen) atoms. The standard InChI is InChI=1S/C26H29N3O2/c1-18-14-19(2)16-23(15-18)28-26(31)24(21-8-6-5-7-9-21)29(4)17-20-10-12-22(13-11-20)25(30)27-3/h5-16,24H,17H2,1-4H3,(H,27,30)(H,28,31). The zero-order valence-corrected chi connectivity index (χ0v) is 18.5. The number of hydrogen-bond acceptors (Lipinski definition) is 3. The lowest BCUT2D eigenvalue weighted by molar-refractivity contribution is -0.121. The molecule has 5 heteroatoms. The number of benzene rings is 3. The van der Waals surface area contributed by atoms with Crippen molar-refractivity contribution in [3.8, 4) is 0 Å². The fourth-order valence-electron chi connectivity index (χ4n) is 3.78. The minimum Gasteiger partial charge on any atom is -0.355 e. The Morgan fingerprint density at radius 2 is 1.52 bits per heavy atom. The molecule has 2 amide bonds. The van der Waals surface area contributed by atoms with Crippen LogP contribution in [0.15, 0.2) is 72.8 Å². The molecule has 0 aromatic heterocycles. The summed E-state index contributed by atoms with van der Waals surface area (Å²) in [6.07, 6.45) is 0. The van der Waals surface area contributed by atoms with E-state index in [1.165, 1.54) is 0 Å². The third-order valence-electron chi connectivity index (χ3n) is 5.17. The average molecular weight is 416 g/mol. The Kier molecular flexibility index (Phi) is 7.21. The van der Waals surface area contributed by atoms with E-state index in [9.17, 15) is 9.59 Å². The van der Waals surface area contributed by atoms with Crippen LogP contribution in [0, 0.1) is 13.8 Å². The summed E-state index contributed by atoms with van der Waals surface area (Å²) in [5, 5.41) is 5.71. The fourth-order valence-corrected chi connectivity index (χ4v) is 3.78. The van der Waals surface area contributed by atoms with E-state index in [4.69, 9.17) is 0 Å². The van der Waals surface area contributed by atoms with Crippen LogP contribution in [-0.2, 0) is 11.3 Å². The van der Waals surface area contributed by atoms with Crippen molar-refractivity contribution in [2.45, 2.75) is 26.4 Å². The van der Waals surface area contributed by atoms with Gasteiger partial charge in [-0.3, -0.25) is 14.5 Å². The van der Waals surface area contributed by atoms with Crippen LogP contribution in [0.3, 0.4) is 0 Å². The number of rotatable bonds is 7. The Morgan fingerprint density at radius 3 is 2.10 bits per heavy atom. The molecule has 0 radical (unpaired) electrons. The van der Waals surface area contributed by atoms with Gasteiger partial charge in [-0.05, 0) is 67.4 Å². The first-order valence-corrected chi connectivity index (χ1v) is 10.3. The number of anilines is 1. The van der Waals surface area contributed by atoms with Gasteiger partial charge < -0.3 is 10.6 Å². The van der Waals surface area contributed by atoms with Crippen LogP contribution in [0.1, 0.15) is 38.7 Å². The Morgan fingerprint density at radius 1 is 0.903 bits per heavy atom. The fraction of sp³-hybridized carbons (Fsp3) is 0.231. The van der Waals surface area contributed by atoms with Crippen LogP contribution < -0.4 is 10.6 Å². The molecule has 2 N–H and O–H groups in total. The average Bonchev–Trinajstić information content (AvgIpc) is 2.74. The van der Waals surface area contributed by atoms with Gasteiger partial charge in [-0.2, -0.15) is 0 Å². The van der Waals surface area contributed by atoms with Gasteiger partial charge in [0.15, 0.2) is 0 Å². The maximum atomic E-state index is 13.3. The lowest BCUT2D eigenvalue weighted by Gasteiger charge is -2.28. The predicted octanol–water partition coefficient (Wildman–Crippen LogP) is 4.47. The highest BCUT2D eigenvalue weighted by Crippen LogP contribution is 2.24. The van der Waals surface area contributed by atoms with E-state index >= 15 is 0 Å². The molecule has 1 unspecified atom stereocenters. The Bertz CT molecular complexity index is 1030. The van der Waals surface area contributed by atoms with E-state index in [2.05, 4.69) is 16.7 Å². The van der Waals surface area contributed by atoms with E-state index in [1.807, 2.05) is 80.4 Å². The normalized spacial score (nSPS) is 11.8. The molecule has 1 atom stereocenters. The highest BCUT2D eigenvalue weighted by Gasteiger charge is 2.25. The third-order valence-corrected chi connectivity index (χ3v) is 5.17. The topological polar surface area (TPSA) is 61.4 Å². The molecular formula is C26H29N3O2. The largest absolute Gasteiger partial charge is 0.355 e. The zero-order chi connectivity index (χ0) is 22.4. The van der Waals surface area contributed by atoms with Gasteiger partial charge in [0.1, 0.15) is 6.04 Å². The summed E-state index contributed by atoms with van der Waals surface area (Å²) >= 11 is 0. The number of nitrogens with one attached hydrogen (secondary N) is 2. The van der Waals surface area contributed by atoms with Crippen LogP contribution in [0.5, 0.6) is 0 Å². The van der Waals surface area contributed by atoms with Crippen molar-refractivity contribution in [3.05, 3.63) is 101 Å². The lowest BCUT2D eigenvalue weighted by atomic mass is 10.0.